The zero-order valence-electron chi connectivity index (χ0n) is 24.2. The molecule has 0 aliphatic heterocycles. The molecule has 0 saturated heterocycles. The normalized spacial score (nSPS) is 16.8. The van der Waals surface area contributed by atoms with E-state index in [4.69, 9.17) is 22.2 Å². The number of amides is 3. The highest BCUT2D eigenvalue weighted by atomic mass is 35.5. The second kappa shape index (κ2) is 15.0. The van der Waals surface area contributed by atoms with Crippen LogP contribution in [-0.4, -0.2) is 58.2 Å². The molecule has 0 unspecified atom stereocenters. The third-order valence-electron chi connectivity index (χ3n) is 7.42. The fourth-order valence-corrected chi connectivity index (χ4v) is 5.44. The van der Waals surface area contributed by atoms with Gasteiger partial charge < -0.3 is 20.5 Å². The molecule has 0 radical (unpaired) electrons. The van der Waals surface area contributed by atoms with Crippen molar-refractivity contribution in [2.45, 2.75) is 43.3 Å². The van der Waals surface area contributed by atoms with Crippen LogP contribution in [-0.2, 0) is 20.8 Å². The van der Waals surface area contributed by atoms with Crippen molar-refractivity contribution in [3.8, 4) is 5.75 Å². The number of aliphatic carboxylic acids is 1. The number of carbonyl (C=O) groups is 4. The summed E-state index contributed by atoms with van der Waals surface area (Å²) in [5.74, 6) is 3.70. The van der Waals surface area contributed by atoms with Crippen LogP contribution in [0.4, 0.5) is 11.4 Å². The van der Waals surface area contributed by atoms with Crippen molar-refractivity contribution in [2.24, 2.45) is 17.7 Å². The SMILES string of the molecule is COc1ccc(N(N)C(=O)C2CCC(C(=O)N[C@@H](Cc3ccc(NC(=O)c4nc(SC)ncc4Cl)cc3)C(=O)O)CC2)cc1. The number of nitrogens with one attached hydrogen (secondary N) is 2. The van der Waals surface area contributed by atoms with Crippen molar-refractivity contribution in [2.75, 3.05) is 23.7 Å². The Morgan fingerprint density at radius 2 is 1.70 bits per heavy atom. The van der Waals surface area contributed by atoms with Crippen molar-refractivity contribution in [3.05, 3.63) is 71.0 Å². The minimum atomic E-state index is -1.17. The second-order valence-electron chi connectivity index (χ2n) is 10.3. The number of rotatable bonds is 11. The number of nitrogens with zero attached hydrogens (tertiary/aromatic N) is 3. The molecular weight excluding hydrogens is 608 g/mol. The molecule has 232 valence electrons. The number of carboxylic acids is 1. The molecule has 14 heteroatoms. The first-order valence-electron chi connectivity index (χ1n) is 13.8. The molecule has 5 N–H and O–H groups in total. The molecule has 3 aromatic rings. The number of hydrogen-bond acceptors (Lipinski definition) is 9. The Labute approximate surface area is 263 Å². The molecule has 1 atom stereocenters. The number of ether oxygens (including phenoxy) is 1. The number of carbonyl (C=O) groups excluding carboxylic acids is 3. The summed E-state index contributed by atoms with van der Waals surface area (Å²) >= 11 is 7.36. The number of aromatic nitrogens is 2. The largest absolute Gasteiger partial charge is 0.497 e. The van der Waals surface area contributed by atoms with E-state index in [1.54, 1.807) is 61.9 Å². The first-order valence-corrected chi connectivity index (χ1v) is 15.4. The smallest absolute Gasteiger partial charge is 0.326 e. The highest BCUT2D eigenvalue weighted by Gasteiger charge is 2.33. The maximum atomic E-state index is 13.0. The van der Waals surface area contributed by atoms with Gasteiger partial charge in [-0.15, -0.1) is 0 Å². The molecule has 0 bridgehead atoms. The standard InChI is InChI=1S/C30H33ClN6O6S/c1-43-22-13-11-21(12-14-22)37(32)28(40)19-7-5-18(6-8-19)26(38)35-24(29(41)42)15-17-3-9-20(10-4-17)34-27(39)25-23(31)16-33-30(36-25)44-2/h3-4,9-14,16,18-19,24H,5-8,15,32H2,1-2H3,(H,34,39)(H,35,38)(H,41,42)/t18?,19?,24-/m0/s1. The molecule has 4 rings (SSSR count). The number of anilines is 2. The maximum Gasteiger partial charge on any atom is 0.326 e. The van der Waals surface area contributed by atoms with Crippen molar-refractivity contribution < 1.29 is 29.0 Å². The van der Waals surface area contributed by atoms with E-state index in [1.807, 2.05) is 0 Å². The first kappa shape index (κ1) is 32.7. The van der Waals surface area contributed by atoms with Gasteiger partial charge in [-0.3, -0.25) is 14.4 Å². The zero-order valence-corrected chi connectivity index (χ0v) is 25.7. The summed E-state index contributed by atoms with van der Waals surface area (Å²) in [7, 11) is 1.55. The van der Waals surface area contributed by atoms with Crippen molar-refractivity contribution in [1.29, 1.82) is 0 Å². The lowest BCUT2D eigenvalue weighted by Gasteiger charge is -2.30. The van der Waals surface area contributed by atoms with Crippen molar-refractivity contribution in [3.63, 3.8) is 0 Å². The molecule has 2 aromatic carbocycles. The van der Waals surface area contributed by atoms with E-state index in [9.17, 15) is 24.3 Å². The molecule has 1 fully saturated rings. The Balaban J connectivity index is 1.29. The van der Waals surface area contributed by atoms with E-state index in [-0.39, 0.29) is 34.9 Å². The average molecular weight is 641 g/mol. The minimum Gasteiger partial charge on any atom is -0.497 e. The molecule has 12 nitrogen and oxygen atoms in total. The van der Waals surface area contributed by atoms with E-state index < -0.39 is 23.8 Å². The Morgan fingerprint density at radius 1 is 1.07 bits per heavy atom. The molecular formula is C30H33ClN6O6S. The molecule has 1 aromatic heterocycles. The van der Waals surface area contributed by atoms with Crippen LogP contribution in [0.1, 0.15) is 41.7 Å². The summed E-state index contributed by atoms with van der Waals surface area (Å²) in [6, 6.07) is 12.3. The molecule has 1 aliphatic rings. The van der Waals surface area contributed by atoms with Gasteiger partial charge in [-0.05, 0) is 73.9 Å². The predicted octanol–water partition coefficient (Wildman–Crippen LogP) is 3.94. The number of benzene rings is 2. The number of carboxylic acid groups (broad SMARTS) is 1. The Morgan fingerprint density at radius 3 is 2.30 bits per heavy atom. The van der Waals surface area contributed by atoms with Crippen LogP contribution in [0.5, 0.6) is 5.75 Å². The maximum absolute atomic E-state index is 13.0. The van der Waals surface area contributed by atoms with Crippen LogP contribution >= 0.6 is 23.4 Å². The lowest BCUT2D eigenvalue weighted by molar-refractivity contribution is -0.142. The Kier molecular flexibility index (Phi) is 11.1. The number of halogens is 1. The van der Waals surface area contributed by atoms with Crippen molar-refractivity contribution >= 4 is 58.4 Å². The molecule has 44 heavy (non-hydrogen) atoms. The van der Waals surface area contributed by atoms with E-state index in [2.05, 4.69) is 20.6 Å². The van der Waals surface area contributed by atoms with Crippen LogP contribution in [0.3, 0.4) is 0 Å². The lowest BCUT2D eigenvalue weighted by Crippen LogP contribution is -2.47. The van der Waals surface area contributed by atoms with E-state index in [0.29, 0.717) is 53.5 Å². The summed E-state index contributed by atoms with van der Waals surface area (Å²) in [5, 5.41) is 16.8. The quantitative estimate of drug-likeness (QED) is 0.0789. The van der Waals surface area contributed by atoms with Gasteiger partial charge in [0.2, 0.25) is 11.8 Å². The fraction of sp³-hybridized carbons (Fsp3) is 0.333. The van der Waals surface area contributed by atoms with Gasteiger partial charge >= 0.3 is 5.97 Å². The van der Waals surface area contributed by atoms with E-state index in [0.717, 1.165) is 5.01 Å². The predicted molar refractivity (Wildman–Crippen MR) is 167 cm³/mol. The van der Waals surface area contributed by atoms with Crippen LogP contribution in [0.15, 0.2) is 59.9 Å². The van der Waals surface area contributed by atoms with Gasteiger partial charge in [-0.1, -0.05) is 35.5 Å². The van der Waals surface area contributed by atoms with Crippen LogP contribution in [0, 0.1) is 11.8 Å². The van der Waals surface area contributed by atoms with Gasteiger partial charge in [0, 0.05) is 23.9 Å². The topological polar surface area (TPSA) is 177 Å². The van der Waals surface area contributed by atoms with Crippen molar-refractivity contribution in [1.82, 2.24) is 15.3 Å². The second-order valence-corrected chi connectivity index (χ2v) is 11.4. The van der Waals surface area contributed by atoms with Gasteiger partial charge in [0.15, 0.2) is 10.9 Å². The third kappa shape index (κ3) is 8.24. The fourth-order valence-electron chi connectivity index (χ4n) is 4.92. The van der Waals surface area contributed by atoms with Gasteiger partial charge in [-0.2, -0.15) is 0 Å². The lowest BCUT2D eigenvalue weighted by atomic mass is 9.81. The van der Waals surface area contributed by atoms with Gasteiger partial charge in [-0.25, -0.2) is 25.6 Å². The van der Waals surface area contributed by atoms with E-state index >= 15 is 0 Å². The monoisotopic (exact) mass is 640 g/mol. The third-order valence-corrected chi connectivity index (χ3v) is 8.26. The summed E-state index contributed by atoms with van der Waals surface area (Å²) in [4.78, 5) is 58.8. The minimum absolute atomic E-state index is 0.0414. The summed E-state index contributed by atoms with van der Waals surface area (Å²) in [6.07, 6.45) is 4.99. The zero-order chi connectivity index (χ0) is 31.8. The molecule has 1 saturated carbocycles. The summed E-state index contributed by atoms with van der Waals surface area (Å²) in [6.45, 7) is 0. The highest BCUT2D eigenvalue weighted by Crippen LogP contribution is 2.31. The summed E-state index contributed by atoms with van der Waals surface area (Å²) < 4.78 is 5.14. The van der Waals surface area contributed by atoms with Crippen LogP contribution in [0.25, 0.3) is 0 Å². The number of nitrogens with two attached hydrogens (primary N) is 1. The van der Waals surface area contributed by atoms with Crippen LogP contribution in [0.2, 0.25) is 5.02 Å². The average Bonchev–Trinajstić information content (AvgIpc) is 3.04. The Hall–Kier alpha value is -4.20. The van der Waals surface area contributed by atoms with Crippen LogP contribution < -0.4 is 26.2 Å². The number of methoxy groups -OCH3 is 1. The highest BCUT2D eigenvalue weighted by molar-refractivity contribution is 7.98. The molecule has 0 spiro atoms. The Bertz CT molecular complexity index is 1500. The molecule has 1 aliphatic carbocycles. The number of hydrazine groups is 1. The number of thioether (sulfide) groups is 1. The number of hydrogen-bond donors (Lipinski definition) is 4. The van der Waals surface area contributed by atoms with E-state index in [1.165, 1.54) is 18.0 Å². The van der Waals surface area contributed by atoms with Gasteiger partial charge in [0.1, 0.15) is 11.8 Å². The van der Waals surface area contributed by atoms with Gasteiger partial charge in [0.05, 0.1) is 24.0 Å². The summed E-state index contributed by atoms with van der Waals surface area (Å²) in [5.41, 5.74) is 1.69. The first-order chi connectivity index (χ1) is 21.1. The van der Waals surface area contributed by atoms with Gasteiger partial charge in [0.25, 0.3) is 5.91 Å². The molecule has 3 amide bonds. The molecule has 1 heterocycles.